The third kappa shape index (κ3) is 1.88. The Labute approximate surface area is 89.7 Å². The molecule has 0 spiro atoms. The van der Waals surface area contributed by atoms with Crippen LogP contribution in [0.25, 0.3) is 0 Å². The van der Waals surface area contributed by atoms with E-state index < -0.39 is 0 Å². The third-order valence-corrected chi connectivity index (χ3v) is 2.86. The van der Waals surface area contributed by atoms with Gasteiger partial charge in [0.25, 0.3) is 0 Å². The normalized spacial score (nSPS) is 20.5. The van der Waals surface area contributed by atoms with Crippen LogP contribution < -0.4 is 11.1 Å². The molecule has 15 heavy (non-hydrogen) atoms. The van der Waals surface area contributed by atoms with Gasteiger partial charge in [-0.15, -0.1) is 0 Å². The average molecular weight is 204 g/mol. The molecule has 1 aliphatic heterocycles. The van der Waals surface area contributed by atoms with Crippen LogP contribution in [0.15, 0.2) is 12.1 Å². The molecule has 80 valence electrons. The maximum atomic E-state index is 11.5. The predicted molar refractivity (Wildman–Crippen MR) is 60.7 cm³/mol. The van der Waals surface area contributed by atoms with E-state index in [1.807, 2.05) is 13.8 Å². The number of nitrogens with one attached hydrogen (secondary N) is 1. The summed E-state index contributed by atoms with van der Waals surface area (Å²) in [5, 5.41) is 2.93. The number of carbonyl (C=O) groups is 1. The van der Waals surface area contributed by atoms with Gasteiger partial charge in [-0.05, 0) is 31.4 Å². The number of rotatable bonds is 0. The summed E-state index contributed by atoms with van der Waals surface area (Å²) in [4.78, 5) is 11.5. The molecule has 1 aliphatic rings. The number of anilines is 1. The molecule has 2 rings (SSSR count). The van der Waals surface area contributed by atoms with Crippen molar-refractivity contribution in [3.8, 4) is 0 Å². The van der Waals surface area contributed by atoms with Crippen LogP contribution >= 0.6 is 0 Å². The number of nitrogens with two attached hydrogens (primary N) is 1. The Kier molecular flexibility index (Phi) is 2.49. The fourth-order valence-corrected chi connectivity index (χ4v) is 2.11. The smallest absolute Gasteiger partial charge is 0.224 e. The SMILES string of the molecule is Cc1cc(C)c2c(c1)C(N)CCC(=O)N2. The number of carbonyl (C=O) groups excluding carboxylic acids is 1. The summed E-state index contributed by atoms with van der Waals surface area (Å²) >= 11 is 0. The Bertz CT molecular complexity index is 412. The third-order valence-electron chi connectivity index (χ3n) is 2.86. The van der Waals surface area contributed by atoms with Gasteiger partial charge in [0, 0.05) is 18.2 Å². The molecule has 1 atom stereocenters. The van der Waals surface area contributed by atoms with Crippen LogP contribution in [0.5, 0.6) is 0 Å². The molecule has 0 saturated heterocycles. The van der Waals surface area contributed by atoms with E-state index in [0.29, 0.717) is 6.42 Å². The van der Waals surface area contributed by atoms with E-state index in [1.54, 1.807) is 0 Å². The molecule has 0 radical (unpaired) electrons. The Morgan fingerprint density at radius 2 is 2.13 bits per heavy atom. The van der Waals surface area contributed by atoms with Crippen LogP contribution in [0.2, 0.25) is 0 Å². The number of amides is 1. The van der Waals surface area contributed by atoms with Gasteiger partial charge >= 0.3 is 0 Å². The molecule has 0 fully saturated rings. The molecule has 0 aliphatic carbocycles. The summed E-state index contributed by atoms with van der Waals surface area (Å²) in [6.45, 7) is 4.05. The monoisotopic (exact) mass is 204 g/mol. The van der Waals surface area contributed by atoms with Crippen LogP contribution in [0.3, 0.4) is 0 Å². The topological polar surface area (TPSA) is 55.1 Å². The van der Waals surface area contributed by atoms with Crippen molar-refractivity contribution in [2.24, 2.45) is 5.73 Å². The molecule has 1 aromatic carbocycles. The Hall–Kier alpha value is -1.35. The van der Waals surface area contributed by atoms with Gasteiger partial charge in [0.15, 0.2) is 0 Å². The fraction of sp³-hybridized carbons (Fsp3) is 0.417. The van der Waals surface area contributed by atoms with Crippen molar-refractivity contribution >= 4 is 11.6 Å². The first kappa shape index (κ1) is 10.2. The lowest BCUT2D eigenvalue weighted by Gasteiger charge is -2.15. The highest BCUT2D eigenvalue weighted by molar-refractivity contribution is 5.93. The first-order chi connectivity index (χ1) is 7.08. The highest BCUT2D eigenvalue weighted by Crippen LogP contribution is 2.31. The van der Waals surface area contributed by atoms with Gasteiger partial charge in [-0.3, -0.25) is 4.79 Å². The molecule has 3 heteroatoms. The summed E-state index contributed by atoms with van der Waals surface area (Å²) in [5.41, 5.74) is 10.3. The van der Waals surface area contributed by atoms with Crippen molar-refractivity contribution in [3.05, 3.63) is 28.8 Å². The summed E-state index contributed by atoms with van der Waals surface area (Å²) in [6, 6.07) is 4.10. The van der Waals surface area contributed by atoms with E-state index in [-0.39, 0.29) is 11.9 Å². The zero-order chi connectivity index (χ0) is 11.0. The van der Waals surface area contributed by atoms with E-state index in [2.05, 4.69) is 17.4 Å². The molecular weight excluding hydrogens is 188 g/mol. The minimum absolute atomic E-state index is 0.0300. The number of benzene rings is 1. The molecular formula is C12H16N2O. The van der Waals surface area contributed by atoms with Gasteiger partial charge in [0.05, 0.1) is 0 Å². The van der Waals surface area contributed by atoms with Crippen LogP contribution in [0.4, 0.5) is 5.69 Å². The Morgan fingerprint density at radius 3 is 2.87 bits per heavy atom. The zero-order valence-corrected chi connectivity index (χ0v) is 9.13. The van der Waals surface area contributed by atoms with Crippen molar-refractivity contribution in [3.63, 3.8) is 0 Å². The number of fused-ring (bicyclic) bond motifs is 1. The second-order valence-electron chi connectivity index (χ2n) is 4.24. The van der Waals surface area contributed by atoms with Crippen molar-refractivity contribution in [1.82, 2.24) is 0 Å². The summed E-state index contributed by atoms with van der Waals surface area (Å²) in [6.07, 6.45) is 1.23. The number of hydrogen-bond donors (Lipinski definition) is 2. The van der Waals surface area contributed by atoms with Gasteiger partial charge in [0.1, 0.15) is 0 Å². The van der Waals surface area contributed by atoms with Crippen LogP contribution in [0.1, 0.15) is 35.6 Å². The van der Waals surface area contributed by atoms with Gasteiger partial charge in [-0.25, -0.2) is 0 Å². The summed E-state index contributed by atoms with van der Waals surface area (Å²) < 4.78 is 0. The maximum absolute atomic E-state index is 11.5. The second-order valence-corrected chi connectivity index (χ2v) is 4.24. The molecule has 1 aromatic rings. The second kappa shape index (κ2) is 3.66. The van der Waals surface area contributed by atoms with Gasteiger partial charge in [-0.2, -0.15) is 0 Å². The van der Waals surface area contributed by atoms with Crippen LogP contribution in [-0.4, -0.2) is 5.91 Å². The highest BCUT2D eigenvalue weighted by Gasteiger charge is 2.20. The molecule has 0 saturated carbocycles. The van der Waals surface area contributed by atoms with Gasteiger partial charge < -0.3 is 11.1 Å². The van der Waals surface area contributed by atoms with E-state index in [9.17, 15) is 4.79 Å². The van der Waals surface area contributed by atoms with E-state index in [1.165, 1.54) is 5.56 Å². The summed E-state index contributed by atoms with van der Waals surface area (Å²) in [5.74, 6) is 0.0659. The molecule has 0 bridgehead atoms. The fourth-order valence-electron chi connectivity index (χ4n) is 2.11. The molecule has 1 unspecified atom stereocenters. The average Bonchev–Trinajstić information content (AvgIpc) is 2.30. The lowest BCUT2D eigenvalue weighted by atomic mass is 9.98. The molecule has 3 N–H and O–H groups in total. The van der Waals surface area contributed by atoms with Gasteiger partial charge in [-0.1, -0.05) is 17.7 Å². The lowest BCUT2D eigenvalue weighted by molar-refractivity contribution is -0.116. The molecule has 0 aromatic heterocycles. The highest BCUT2D eigenvalue weighted by atomic mass is 16.1. The number of aryl methyl sites for hydroxylation is 2. The van der Waals surface area contributed by atoms with Crippen molar-refractivity contribution in [2.75, 3.05) is 5.32 Å². The van der Waals surface area contributed by atoms with Crippen LogP contribution in [0, 0.1) is 13.8 Å². The first-order valence-electron chi connectivity index (χ1n) is 5.24. The Morgan fingerprint density at radius 1 is 1.40 bits per heavy atom. The van der Waals surface area contributed by atoms with E-state index in [4.69, 9.17) is 5.73 Å². The lowest BCUT2D eigenvalue weighted by Crippen LogP contribution is -2.11. The zero-order valence-electron chi connectivity index (χ0n) is 9.13. The van der Waals surface area contributed by atoms with Crippen molar-refractivity contribution in [2.45, 2.75) is 32.7 Å². The summed E-state index contributed by atoms with van der Waals surface area (Å²) in [7, 11) is 0. The van der Waals surface area contributed by atoms with Crippen LogP contribution in [-0.2, 0) is 4.79 Å². The van der Waals surface area contributed by atoms with E-state index in [0.717, 1.165) is 23.2 Å². The van der Waals surface area contributed by atoms with Crippen molar-refractivity contribution in [1.29, 1.82) is 0 Å². The predicted octanol–water partition coefficient (Wildman–Crippen LogP) is 2.04. The largest absolute Gasteiger partial charge is 0.326 e. The molecule has 1 heterocycles. The standard InChI is InChI=1S/C12H16N2O/c1-7-5-8(2)12-9(6-7)10(13)3-4-11(15)14-12/h5-6,10H,3-4,13H2,1-2H3,(H,14,15). The minimum atomic E-state index is -0.0300. The Balaban J connectivity index is 2.56. The maximum Gasteiger partial charge on any atom is 0.224 e. The molecule has 3 nitrogen and oxygen atoms in total. The quantitative estimate of drug-likeness (QED) is 0.679. The van der Waals surface area contributed by atoms with E-state index >= 15 is 0 Å². The first-order valence-corrected chi connectivity index (χ1v) is 5.24. The van der Waals surface area contributed by atoms with Gasteiger partial charge in [0.2, 0.25) is 5.91 Å². The number of hydrogen-bond acceptors (Lipinski definition) is 2. The minimum Gasteiger partial charge on any atom is -0.326 e. The van der Waals surface area contributed by atoms with Crippen molar-refractivity contribution < 1.29 is 4.79 Å². The molecule has 1 amide bonds.